The molecule has 0 unspecified atom stereocenters. The fourth-order valence-electron chi connectivity index (χ4n) is 6.04. The van der Waals surface area contributed by atoms with Crippen molar-refractivity contribution in [1.29, 1.82) is 0 Å². The summed E-state index contributed by atoms with van der Waals surface area (Å²) in [5.74, 6) is 1.83. The zero-order valence-electron chi connectivity index (χ0n) is 26.4. The molecule has 6 aromatic rings. The number of halogens is 1. The highest BCUT2D eigenvalue weighted by atomic mass is 79.9. The van der Waals surface area contributed by atoms with Gasteiger partial charge in [0.25, 0.3) is 0 Å². The van der Waals surface area contributed by atoms with Crippen LogP contribution in [0.5, 0.6) is 11.5 Å². The number of rotatable bonds is 10. The van der Waals surface area contributed by atoms with Crippen molar-refractivity contribution < 1.29 is 9.47 Å². The fraction of sp³-hybridized carbons (Fsp3) is 0.333. The Labute approximate surface area is 283 Å². The zero-order chi connectivity index (χ0) is 31.8. The van der Waals surface area contributed by atoms with E-state index in [-0.39, 0.29) is 0 Å². The largest absolute Gasteiger partial charge is 0.492 e. The van der Waals surface area contributed by atoms with Crippen LogP contribution in [0.3, 0.4) is 0 Å². The number of benzene rings is 2. The van der Waals surface area contributed by atoms with Crippen LogP contribution in [0.2, 0.25) is 0 Å². The lowest BCUT2D eigenvalue weighted by atomic mass is 10.1. The maximum absolute atomic E-state index is 5.85. The van der Waals surface area contributed by atoms with E-state index in [1.165, 1.54) is 51.9 Å². The molecule has 0 bridgehead atoms. The average Bonchev–Trinajstić information content (AvgIpc) is 3.95. The highest BCUT2D eigenvalue weighted by Crippen LogP contribution is 2.24. The summed E-state index contributed by atoms with van der Waals surface area (Å²) < 4.78 is 16.2. The summed E-state index contributed by atoms with van der Waals surface area (Å²) in [6, 6.07) is 18.2. The molecule has 2 fully saturated rings. The van der Waals surface area contributed by atoms with Gasteiger partial charge in [-0.2, -0.15) is 10.2 Å². The molecule has 4 aromatic heterocycles. The molecule has 0 N–H and O–H groups in total. The Bertz CT molecular complexity index is 1880. The lowest BCUT2D eigenvalue weighted by Gasteiger charge is -2.15. The van der Waals surface area contributed by atoms with Crippen molar-refractivity contribution in [2.75, 3.05) is 52.5 Å². The second-order valence-electron chi connectivity index (χ2n) is 11.9. The lowest BCUT2D eigenvalue weighted by molar-refractivity contribution is 0.237. The molecule has 2 aliphatic rings. The van der Waals surface area contributed by atoms with Crippen LogP contribution in [0.15, 0.2) is 96.3 Å². The maximum atomic E-state index is 5.85. The van der Waals surface area contributed by atoms with Crippen LogP contribution in [-0.2, 0) is 0 Å². The van der Waals surface area contributed by atoms with Crippen molar-refractivity contribution in [3.05, 3.63) is 96.3 Å². The first-order valence-electron chi connectivity index (χ1n) is 16.4. The number of nitrogens with zero attached hydrogens (tertiary/aromatic N) is 8. The van der Waals surface area contributed by atoms with E-state index < -0.39 is 0 Å². The summed E-state index contributed by atoms with van der Waals surface area (Å²) in [6.07, 6.45) is 16.5. The third kappa shape index (κ3) is 7.98. The Hall–Kier alpha value is -4.32. The Morgan fingerprint density at radius 3 is 1.68 bits per heavy atom. The summed E-state index contributed by atoms with van der Waals surface area (Å²) in [7, 11) is 0. The van der Waals surface area contributed by atoms with Crippen LogP contribution in [0.25, 0.3) is 33.5 Å². The van der Waals surface area contributed by atoms with Crippen molar-refractivity contribution in [2.24, 2.45) is 0 Å². The predicted molar refractivity (Wildman–Crippen MR) is 187 cm³/mol. The molecule has 0 radical (unpaired) electrons. The average molecular weight is 696 g/mol. The van der Waals surface area contributed by atoms with E-state index in [0.29, 0.717) is 0 Å². The van der Waals surface area contributed by atoms with Gasteiger partial charge in [-0.15, -0.1) is 0 Å². The first-order valence-corrected chi connectivity index (χ1v) is 17.2. The SMILES string of the molecule is Brc1cnn2cc(-c3ccc(OCCN4CCCC4)cc3)cnc12.c1cc2ncc(-c3ccc(OCCN4CCCC4)cc3)cn2n1. The second kappa shape index (κ2) is 15.1. The van der Waals surface area contributed by atoms with E-state index in [0.717, 1.165) is 75.8 Å². The van der Waals surface area contributed by atoms with Gasteiger partial charge in [-0.25, -0.2) is 19.0 Å². The molecule has 0 saturated carbocycles. The van der Waals surface area contributed by atoms with Crippen LogP contribution in [0.1, 0.15) is 25.7 Å². The molecule has 0 atom stereocenters. The molecule has 8 rings (SSSR count). The topological polar surface area (TPSA) is 85.3 Å². The van der Waals surface area contributed by atoms with Crippen molar-refractivity contribution in [3.8, 4) is 33.8 Å². The van der Waals surface area contributed by atoms with Gasteiger partial charge in [0.15, 0.2) is 11.3 Å². The van der Waals surface area contributed by atoms with E-state index in [2.05, 4.69) is 70.2 Å². The number of likely N-dealkylation sites (tertiary alicyclic amines) is 2. The van der Waals surface area contributed by atoms with Crippen LogP contribution in [-0.4, -0.2) is 91.5 Å². The molecule has 10 nitrogen and oxygen atoms in total. The van der Waals surface area contributed by atoms with E-state index in [9.17, 15) is 0 Å². The molecule has 11 heteroatoms. The van der Waals surface area contributed by atoms with Gasteiger partial charge in [-0.1, -0.05) is 24.3 Å². The molecule has 2 aliphatic heterocycles. The lowest BCUT2D eigenvalue weighted by Crippen LogP contribution is -2.25. The van der Waals surface area contributed by atoms with Gasteiger partial charge < -0.3 is 9.47 Å². The third-order valence-corrected chi connectivity index (χ3v) is 9.24. The van der Waals surface area contributed by atoms with Gasteiger partial charge in [-0.05, 0) is 103 Å². The summed E-state index contributed by atoms with van der Waals surface area (Å²) in [4.78, 5) is 13.8. The molecule has 242 valence electrons. The molecule has 6 heterocycles. The minimum atomic E-state index is 0.744. The zero-order valence-corrected chi connectivity index (χ0v) is 28.0. The maximum Gasteiger partial charge on any atom is 0.169 e. The highest BCUT2D eigenvalue weighted by molar-refractivity contribution is 9.10. The molecule has 47 heavy (non-hydrogen) atoms. The van der Waals surface area contributed by atoms with Gasteiger partial charge in [0.1, 0.15) is 24.7 Å². The molecule has 0 spiro atoms. The van der Waals surface area contributed by atoms with Crippen molar-refractivity contribution in [2.45, 2.75) is 25.7 Å². The van der Waals surface area contributed by atoms with Crippen LogP contribution in [0.4, 0.5) is 0 Å². The summed E-state index contributed by atoms with van der Waals surface area (Å²) in [5.41, 5.74) is 5.97. The number of fused-ring (bicyclic) bond motifs is 2. The standard InChI is InChI=1S/C18H19BrN4O.C18H20N4O/c19-17-12-21-23-13-15(11-20-18(17)23)14-3-5-16(6-4-14)24-10-9-22-7-1-2-8-22;1-2-10-21(9-1)11-12-23-17-5-3-15(4-6-17)16-13-19-18-7-8-20-22(18)14-16/h3-6,11-13H,1-2,7-10H2;3-8,13-14H,1-2,9-12H2. The number of ether oxygens (including phenoxy) is 2. The monoisotopic (exact) mass is 694 g/mol. The molecular formula is C36H39BrN8O2. The highest BCUT2D eigenvalue weighted by Gasteiger charge is 2.12. The van der Waals surface area contributed by atoms with Crippen molar-refractivity contribution >= 4 is 27.2 Å². The normalized spacial score (nSPS) is 15.3. The van der Waals surface area contributed by atoms with E-state index >= 15 is 0 Å². The third-order valence-electron chi connectivity index (χ3n) is 8.69. The molecular weight excluding hydrogens is 656 g/mol. The molecule has 0 aliphatic carbocycles. The number of hydrogen-bond acceptors (Lipinski definition) is 8. The minimum absolute atomic E-state index is 0.744. The smallest absolute Gasteiger partial charge is 0.169 e. The Morgan fingerprint density at radius 1 is 0.574 bits per heavy atom. The van der Waals surface area contributed by atoms with Crippen molar-refractivity contribution in [3.63, 3.8) is 0 Å². The summed E-state index contributed by atoms with van der Waals surface area (Å²) in [6.45, 7) is 8.37. The van der Waals surface area contributed by atoms with Gasteiger partial charge in [-0.3, -0.25) is 9.80 Å². The molecule has 2 saturated heterocycles. The van der Waals surface area contributed by atoms with E-state index in [1.807, 2.05) is 55.1 Å². The Morgan fingerprint density at radius 2 is 1.11 bits per heavy atom. The van der Waals surface area contributed by atoms with Gasteiger partial charge in [0.2, 0.25) is 0 Å². The van der Waals surface area contributed by atoms with Gasteiger partial charge in [0.05, 0.1) is 16.9 Å². The van der Waals surface area contributed by atoms with E-state index in [4.69, 9.17) is 9.47 Å². The van der Waals surface area contributed by atoms with Crippen LogP contribution >= 0.6 is 15.9 Å². The number of hydrogen-bond donors (Lipinski definition) is 0. The van der Waals surface area contributed by atoms with Gasteiger partial charge in [0, 0.05) is 55.1 Å². The predicted octanol–water partition coefficient (Wildman–Crippen LogP) is 6.50. The second-order valence-corrected chi connectivity index (χ2v) is 12.8. The fourth-order valence-corrected chi connectivity index (χ4v) is 6.41. The first kappa shape index (κ1) is 31.3. The van der Waals surface area contributed by atoms with Crippen molar-refractivity contribution in [1.82, 2.24) is 39.0 Å². The molecule has 0 amide bonds. The Balaban J connectivity index is 0.000000150. The van der Waals surface area contributed by atoms with E-state index in [1.54, 1.807) is 21.4 Å². The first-order chi connectivity index (χ1) is 23.2. The van der Waals surface area contributed by atoms with Crippen LogP contribution < -0.4 is 9.47 Å². The van der Waals surface area contributed by atoms with Crippen LogP contribution in [0, 0.1) is 0 Å². The summed E-state index contributed by atoms with van der Waals surface area (Å²) in [5, 5.41) is 8.50. The molecule has 2 aromatic carbocycles. The quantitative estimate of drug-likeness (QED) is 0.161. The van der Waals surface area contributed by atoms with Gasteiger partial charge >= 0.3 is 0 Å². The Kier molecular flexibility index (Phi) is 10.0. The number of aromatic nitrogens is 6. The minimum Gasteiger partial charge on any atom is -0.492 e. The summed E-state index contributed by atoms with van der Waals surface area (Å²) >= 11 is 3.44.